The summed E-state index contributed by atoms with van der Waals surface area (Å²) in [6.07, 6.45) is -0.175. The fraction of sp³-hybridized carbons (Fsp3) is 0.900. The Morgan fingerprint density at radius 1 is 1.50 bits per heavy atom. The highest BCUT2D eigenvalue weighted by atomic mass is 127. The van der Waals surface area contributed by atoms with Gasteiger partial charge in [0.25, 0.3) is 0 Å². The van der Waals surface area contributed by atoms with Gasteiger partial charge in [-0.3, -0.25) is 0 Å². The molecule has 0 spiro atoms. The van der Waals surface area contributed by atoms with Crippen molar-refractivity contribution in [3.8, 4) is 0 Å². The SMILES string of the molecule is C[C@H](I)C1CN(C(=O)OC(C)(C)C)C1. The molecular formula is C10H18INO2. The molecule has 1 aliphatic rings. The summed E-state index contributed by atoms with van der Waals surface area (Å²) in [5, 5.41) is 0. The Kier molecular flexibility index (Phi) is 3.66. The number of alkyl halides is 1. The van der Waals surface area contributed by atoms with Gasteiger partial charge in [0.05, 0.1) is 0 Å². The Bertz CT molecular complexity index is 217. The van der Waals surface area contributed by atoms with Crippen LogP contribution in [0.3, 0.4) is 0 Å². The van der Waals surface area contributed by atoms with Crippen molar-refractivity contribution in [3.63, 3.8) is 0 Å². The van der Waals surface area contributed by atoms with Gasteiger partial charge in [-0.2, -0.15) is 0 Å². The molecule has 0 bridgehead atoms. The lowest BCUT2D eigenvalue weighted by atomic mass is 9.98. The van der Waals surface area contributed by atoms with Crippen molar-refractivity contribution in [2.45, 2.75) is 37.2 Å². The van der Waals surface area contributed by atoms with Gasteiger partial charge in [0.2, 0.25) is 0 Å². The first-order chi connectivity index (χ1) is 6.29. The average molecular weight is 311 g/mol. The molecule has 3 nitrogen and oxygen atoms in total. The Labute approximate surface area is 99.3 Å². The van der Waals surface area contributed by atoms with E-state index >= 15 is 0 Å². The molecule has 82 valence electrons. The largest absolute Gasteiger partial charge is 0.444 e. The molecule has 0 aromatic rings. The van der Waals surface area contributed by atoms with Gasteiger partial charge >= 0.3 is 6.09 Å². The Balaban J connectivity index is 2.30. The molecule has 1 rings (SSSR count). The maximum atomic E-state index is 11.5. The number of amides is 1. The van der Waals surface area contributed by atoms with E-state index in [9.17, 15) is 4.79 Å². The Morgan fingerprint density at radius 3 is 2.36 bits per heavy atom. The van der Waals surface area contributed by atoms with E-state index in [0.717, 1.165) is 13.1 Å². The van der Waals surface area contributed by atoms with Crippen LogP contribution in [0.2, 0.25) is 0 Å². The van der Waals surface area contributed by atoms with Crippen molar-refractivity contribution in [2.75, 3.05) is 13.1 Å². The van der Waals surface area contributed by atoms with Crippen LogP contribution in [0.5, 0.6) is 0 Å². The molecule has 0 radical (unpaired) electrons. The molecule has 1 amide bonds. The molecule has 0 N–H and O–H groups in total. The number of carbonyl (C=O) groups excluding carboxylic acids is 1. The minimum atomic E-state index is -0.377. The fourth-order valence-electron chi connectivity index (χ4n) is 1.28. The third kappa shape index (κ3) is 3.29. The first-order valence-corrected chi connectivity index (χ1v) is 6.16. The van der Waals surface area contributed by atoms with Crippen molar-refractivity contribution in [3.05, 3.63) is 0 Å². The molecule has 14 heavy (non-hydrogen) atoms. The number of nitrogens with zero attached hydrogens (tertiary/aromatic N) is 1. The molecule has 0 aromatic carbocycles. The zero-order valence-electron chi connectivity index (χ0n) is 9.21. The molecule has 1 heterocycles. The second-order valence-corrected chi connectivity index (χ2v) is 6.79. The van der Waals surface area contributed by atoms with Gasteiger partial charge in [0.15, 0.2) is 0 Å². The monoisotopic (exact) mass is 311 g/mol. The molecule has 1 atom stereocenters. The number of hydrogen-bond donors (Lipinski definition) is 0. The lowest BCUT2D eigenvalue weighted by molar-refractivity contribution is -0.0000294. The van der Waals surface area contributed by atoms with E-state index in [-0.39, 0.29) is 11.7 Å². The van der Waals surface area contributed by atoms with Crippen LogP contribution in [-0.2, 0) is 4.74 Å². The summed E-state index contributed by atoms with van der Waals surface area (Å²) in [5.74, 6) is 0.642. The van der Waals surface area contributed by atoms with E-state index in [0.29, 0.717) is 9.84 Å². The first kappa shape index (κ1) is 12.1. The van der Waals surface area contributed by atoms with Gasteiger partial charge in [0, 0.05) is 22.9 Å². The van der Waals surface area contributed by atoms with Crippen LogP contribution in [-0.4, -0.2) is 33.6 Å². The second kappa shape index (κ2) is 4.24. The molecule has 4 heteroatoms. The number of carbonyl (C=O) groups is 1. The fourth-order valence-corrected chi connectivity index (χ4v) is 1.73. The number of rotatable bonds is 1. The van der Waals surface area contributed by atoms with E-state index in [1.54, 1.807) is 4.90 Å². The number of hydrogen-bond acceptors (Lipinski definition) is 2. The average Bonchev–Trinajstić information content (AvgIpc) is 1.75. The number of ether oxygens (including phenoxy) is 1. The highest BCUT2D eigenvalue weighted by Crippen LogP contribution is 2.25. The van der Waals surface area contributed by atoms with Crippen LogP contribution in [0.25, 0.3) is 0 Å². The van der Waals surface area contributed by atoms with E-state index in [2.05, 4.69) is 29.5 Å². The minimum Gasteiger partial charge on any atom is -0.444 e. The van der Waals surface area contributed by atoms with Crippen LogP contribution in [0.4, 0.5) is 4.79 Å². The summed E-state index contributed by atoms with van der Waals surface area (Å²) in [6.45, 7) is 9.55. The summed E-state index contributed by atoms with van der Waals surface area (Å²) >= 11 is 2.40. The molecule has 0 saturated carbocycles. The van der Waals surface area contributed by atoms with Gasteiger partial charge in [-0.15, -0.1) is 0 Å². The summed E-state index contributed by atoms with van der Waals surface area (Å²) in [5.41, 5.74) is -0.377. The molecule has 0 aromatic heterocycles. The van der Waals surface area contributed by atoms with Crippen molar-refractivity contribution in [1.82, 2.24) is 4.90 Å². The van der Waals surface area contributed by atoms with E-state index in [1.807, 2.05) is 20.8 Å². The van der Waals surface area contributed by atoms with E-state index < -0.39 is 0 Å². The summed E-state index contributed by atoms with van der Waals surface area (Å²) in [6, 6.07) is 0. The minimum absolute atomic E-state index is 0.175. The Morgan fingerprint density at radius 2 is 2.00 bits per heavy atom. The topological polar surface area (TPSA) is 29.5 Å². The lowest BCUT2D eigenvalue weighted by Gasteiger charge is -2.41. The smallest absolute Gasteiger partial charge is 0.410 e. The predicted molar refractivity (Wildman–Crippen MR) is 64.8 cm³/mol. The van der Waals surface area contributed by atoms with Crippen LogP contribution >= 0.6 is 22.6 Å². The van der Waals surface area contributed by atoms with Crippen molar-refractivity contribution >= 4 is 28.7 Å². The number of likely N-dealkylation sites (tertiary alicyclic amines) is 1. The predicted octanol–water partition coefficient (Wildman–Crippen LogP) is 2.68. The van der Waals surface area contributed by atoms with Crippen molar-refractivity contribution < 1.29 is 9.53 Å². The summed E-state index contributed by atoms with van der Waals surface area (Å²) in [4.78, 5) is 13.3. The molecule has 0 aliphatic carbocycles. The molecule has 1 aliphatic heterocycles. The van der Waals surface area contributed by atoms with Gasteiger partial charge in [-0.05, 0) is 20.8 Å². The van der Waals surface area contributed by atoms with Gasteiger partial charge in [-0.25, -0.2) is 4.79 Å². The second-order valence-electron chi connectivity index (χ2n) is 4.82. The maximum absolute atomic E-state index is 11.5. The highest BCUT2D eigenvalue weighted by Gasteiger charge is 2.35. The van der Waals surface area contributed by atoms with E-state index in [4.69, 9.17) is 4.74 Å². The first-order valence-electron chi connectivity index (χ1n) is 4.91. The van der Waals surface area contributed by atoms with Gasteiger partial charge in [-0.1, -0.05) is 29.5 Å². The van der Waals surface area contributed by atoms with Crippen LogP contribution in [0.1, 0.15) is 27.7 Å². The molecular weight excluding hydrogens is 293 g/mol. The zero-order chi connectivity index (χ0) is 10.9. The molecule has 1 saturated heterocycles. The standard InChI is InChI=1S/C10H18INO2/c1-7(11)8-5-12(6-8)9(13)14-10(2,3)4/h7-8H,5-6H2,1-4H3/t7-/m0/s1. The van der Waals surface area contributed by atoms with Crippen molar-refractivity contribution in [1.29, 1.82) is 0 Å². The quantitative estimate of drug-likeness (QED) is 0.550. The maximum Gasteiger partial charge on any atom is 0.410 e. The zero-order valence-corrected chi connectivity index (χ0v) is 11.4. The van der Waals surface area contributed by atoms with Gasteiger partial charge in [0.1, 0.15) is 5.60 Å². The van der Waals surface area contributed by atoms with Crippen molar-refractivity contribution in [2.24, 2.45) is 5.92 Å². The Hall–Kier alpha value is 0. The lowest BCUT2D eigenvalue weighted by Crippen LogP contribution is -2.53. The molecule has 0 unspecified atom stereocenters. The van der Waals surface area contributed by atoms with Gasteiger partial charge < -0.3 is 9.64 Å². The van der Waals surface area contributed by atoms with Crippen LogP contribution in [0.15, 0.2) is 0 Å². The number of halogens is 1. The molecule has 1 fully saturated rings. The normalized spacial score (nSPS) is 20.2. The highest BCUT2D eigenvalue weighted by molar-refractivity contribution is 14.1. The van der Waals surface area contributed by atoms with E-state index in [1.165, 1.54) is 0 Å². The van der Waals surface area contributed by atoms with Crippen LogP contribution in [0, 0.1) is 5.92 Å². The third-order valence-electron chi connectivity index (χ3n) is 2.21. The van der Waals surface area contributed by atoms with Crippen LogP contribution < -0.4 is 0 Å². The summed E-state index contributed by atoms with van der Waals surface area (Å²) in [7, 11) is 0. The summed E-state index contributed by atoms with van der Waals surface area (Å²) < 4.78 is 5.89. The third-order valence-corrected chi connectivity index (χ3v) is 3.23.